The fourth-order valence-electron chi connectivity index (χ4n) is 3.01. The molecule has 150 valence electrons. The van der Waals surface area contributed by atoms with E-state index in [-0.39, 0.29) is 20.8 Å². The first-order chi connectivity index (χ1) is 13.3. The van der Waals surface area contributed by atoms with Crippen molar-refractivity contribution in [2.75, 3.05) is 37.9 Å². The van der Waals surface area contributed by atoms with Crippen molar-refractivity contribution in [3.8, 4) is 0 Å². The molecule has 6 nitrogen and oxygen atoms in total. The predicted octanol–water partition coefficient (Wildman–Crippen LogP) is 3.57. The third-order valence-electron chi connectivity index (χ3n) is 4.57. The number of nitrogens with zero attached hydrogens (tertiary/aromatic N) is 2. The molecule has 9 heteroatoms. The topological polar surface area (TPSA) is 69.7 Å². The van der Waals surface area contributed by atoms with Crippen molar-refractivity contribution in [2.24, 2.45) is 0 Å². The average molecular weight is 442 g/mol. The van der Waals surface area contributed by atoms with Gasteiger partial charge in [0, 0.05) is 30.9 Å². The lowest BCUT2D eigenvalue weighted by Crippen LogP contribution is -2.34. The van der Waals surface area contributed by atoms with E-state index in [1.54, 1.807) is 29.2 Å². The molecule has 1 aliphatic rings. The third-order valence-corrected chi connectivity index (χ3v) is 6.69. The van der Waals surface area contributed by atoms with E-state index in [1.807, 2.05) is 7.05 Å². The molecule has 1 amide bonds. The Labute approximate surface area is 175 Å². The van der Waals surface area contributed by atoms with Crippen LogP contribution in [0.2, 0.25) is 10.0 Å². The first kappa shape index (κ1) is 20.9. The van der Waals surface area contributed by atoms with Crippen LogP contribution in [0.3, 0.4) is 0 Å². The summed E-state index contributed by atoms with van der Waals surface area (Å²) >= 11 is 11.8. The molecule has 0 atom stereocenters. The Balaban J connectivity index is 1.79. The van der Waals surface area contributed by atoms with Crippen LogP contribution in [-0.2, 0) is 10.0 Å². The van der Waals surface area contributed by atoms with Crippen LogP contribution >= 0.6 is 23.2 Å². The minimum atomic E-state index is -3.86. The fraction of sp³-hybridized carbons (Fsp3) is 0.316. The Morgan fingerprint density at radius 1 is 1.00 bits per heavy atom. The maximum atomic E-state index is 12.8. The number of likely N-dealkylation sites (N-methyl/N-ethyl adjacent to an activating group) is 1. The number of hydrogen-bond donors (Lipinski definition) is 1. The number of halogens is 2. The largest absolute Gasteiger partial charge is 0.337 e. The number of carbonyl (C=O) groups is 1. The molecule has 1 saturated heterocycles. The van der Waals surface area contributed by atoms with E-state index in [4.69, 9.17) is 23.2 Å². The first-order valence-electron chi connectivity index (χ1n) is 8.82. The second kappa shape index (κ2) is 8.69. The Hall–Kier alpha value is -1.80. The highest BCUT2D eigenvalue weighted by Crippen LogP contribution is 2.26. The lowest BCUT2D eigenvalue weighted by atomic mass is 10.1. The predicted molar refractivity (Wildman–Crippen MR) is 112 cm³/mol. The minimum absolute atomic E-state index is 0.00538. The molecule has 0 saturated carbocycles. The summed E-state index contributed by atoms with van der Waals surface area (Å²) in [4.78, 5) is 16.8. The van der Waals surface area contributed by atoms with E-state index >= 15 is 0 Å². The van der Waals surface area contributed by atoms with Gasteiger partial charge in [-0.1, -0.05) is 29.3 Å². The highest BCUT2D eigenvalue weighted by atomic mass is 35.5. The molecule has 0 aromatic heterocycles. The Morgan fingerprint density at radius 2 is 1.79 bits per heavy atom. The summed E-state index contributed by atoms with van der Waals surface area (Å²) in [5.74, 6) is -0.106. The Bertz CT molecular complexity index is 982. The second-order valence-corrected chi connectivity index (χ2v) is 9.21. The van der Waals surface area contributed by atoms with Gasteiger partial charge in [0.25, 0.3) is 15.9 Å². The van der Waals surface area contributed by atoms with Gasteiger partial charge < -0.3 is 9.80 Å². The van der Waals surface area contributed by atoms with E-state index in [0.29, 0.717) is 24.3 Å². The highest BCUT2D eigenvalue weighted by molar-refractivity contribution is 7.92. The number of sulfonamides is 1. The maximum Gasteiger partial charge on any atom is 0.261 e. The zero-order valence-electron chi connectivity index (χ0n) is 15.4. The van der Waals surface area contributed by atoms with Gasteiger partial charge in [0.15, 0.2) is 0 Å². The van der Waals surface area contributed by atoms with Crippen molar-refractivity contribution in [1.82, 2.24) is 9.80 Å². The molecule has 3 rings (SSSR count). The monoisotopic (exact) mass is 441 g/mol. The van der Waals surface area contributed by atoms with Crippen LogP contribution in [-0.4, -0.2) is 57.4 Å². The smallest absolute Gasteiger partial charge is 0.261 e. The average Bonchev–Trinajstić information content (AvgIpc) is 2.87. The normalized spacial score (nSPS) is 15.9. The van der Waals surface area contributed by atoms with Gasteiger partial charge in [-0.3, -0.25) is 9.52 Å². The molecule has 0 bridgehead atoms. The Morgan fingerprint density at radius 3 is 2.54 bits per heavy atom. The minimum Gasteiger partial charge on any atom is -0.337 e. The van der Waals surface area contributed by atoms with Gasteiger partial charge in [-0.25, -0.2) is 8.42 Å². The van der Waals surface area contributed by atoms with Crippen LogP contribution in [0.4, 0.5) is 5.69 Å². The summed E-state index contributed by atoms with van der Waals surface area (Å²) in [6.45, 7) is 3.10. The molecule has 1 N–H and O–H groups in total. The molecule has 0 aliphatic carbocycles. The maximum absolute atomic E-state index is 12.8. The van der Waals surface area contributed by atoms with Crippen LogP contribution in [0.1, 0.15) is 16.8 Å². The first-order valence-corrected chi connectivity index (χ1v) is 11.1. The van der Waals surface area contributed by atoms with Crippen molar-refractivity contribution in [2.45, 2.75) is 11.3 Å². The van der Waals surface area contributed by atoms with Gasteiger partial charge in [-0.2, -0.15) is 0 Å². The molecule has 1 aliphatic heterocycles. The number of carbonyl (C=O) groups excluding carboxylic acids is 1. The SMILES string of the molecule is CN1CCCN(C(=O)c2cccc(NS(=O)(=O)c3ccc(Cl)c(Cl)c3)c2)CC1. The lowest BCUT2D eigenvalue weighted by molar-refractivity contribution is 0.0763. The Kier molecular flexibility index (Phi) is 6.50. The zero-order valence-corrected chi connectivity index (χ0v) is 17.7. The van der Waals surface area contributed by atoms with E-state index in [0.717, 1.165) is 19.5 Å². The van der Waals surface area contributed by atoms with E-state index in [1.165, 1.54) is 18.2 Å². The number of anilines is 1. The summed E-state index contributed by atoms with van der Waals surface area (Å²) in [6, 6.07) is 10.6. The van der Waals surface area contributed by atoms with Crippen molar-refractivity contribution in [1.29, 1.82) is 0 Å². The number of benzene rings is 2. The van der Waals surface area contributed by atoms with Crippen LogP contribution in [0.25, 0.3) is 0 Å². The highest BCUT2D eigenvalue weighted by Gasteiger charge is 2.20. The van der Waals surface area contributed by atoms with Gasteiger partial charge in [-0.05, 0) is 56.4 Å². The van der Waals surface area contributed by atoms with Crippen molar-refractivity contribution in [3.63, 3.8) is 0 Å². The lowest BCUT2D eigenvalue weighted by Gasteiger charge is -2.21. The van der Waals surface area contributed by atoms with Gasteiger partial charge >= 0.3 is 0 Å². The van der Waals surface area contributed by atoms with E-state index in [9.17, 15) is 13.2 Å². The molecule has 2 aromatic carbocycles. The number of amides is 1. The van der Waals surface area contributed by atoms with Crippen LogP contribution in [0.15, 0.2) is 47.4 Å². The van der Waals surface area contributed by atoms with Crippen LogP contribution in [0.5, 0.6) is 0 Å². The molecule has 1 heterocycles. The molecule has 0 unspecified atom stereocenters. The summed E-state index contributed by atoms with van der Waals surface area (Å²) < 4.78 is 27.7. The van der Waals surface area contributed by atoms with Gasteiger partial charge in [-0.15, -0.1) is 0 Å². The fourth-order valence-corrected chi connectivity index (χ4v) is 4.44. The second-order valence-electron chi connectivity index (χ2n) is 6.71. The van der Waals surface area contributed by atoms with E-state index in [2.05, 4.69) is 9.62 Å². The molecular formula is C19H21Cl2N3O3S. The quantitative estimate of drug-likeness (QED) is 0.786. The molecule has 0 spiro atoms. The summed E-state index contributed by atoms with van der Waals surface area (Å²) in [5.41, 5.74) is 0.753. The van der Waals surface area contributed by atoms with Gasteiger partial charge in [0.05, 0.1) is 14.9 Å². The standard InChI is InChI=1S/C19H21Cl2N3O3S/c1-23-8-3-9-24(11-10-23)19(25)14-4-2-5-15(12-14)22-28(26,27)16-6-7-17(20)18(21)13-16/h2,4-7,12-13,22H,3,8-11H2,1H3. The summed E-state index contributed by atoms with van der Waals surface area (Å²) in [6.07, 6.45) is 0.909. The van der Waals surface area contributed by atoms with Crippen LogP contribution < -0.4 is 4.72 Å². The van der Waals surface area contributed by atoms with Crippen LogP contribution in [0, 0.1) is 0 Å². The van der Waals surface area contributed by atoms with Gasteiger partial charge in [0.2, 0.25) is 0 Å². The molecule has 1 fully saturated rings. The van der Waals surface area contributed by atoms with E-state index < -0.39 is 10.0 Å². The summed E-state index contributed by atoms with van der Waals surface area (Å²) in [7, 11) is -1.82. The van der Waals surface area contributed by atoms with Crippen molar-refractivity contribution < 1.29 is 13.2 Å². The van der Waals surface area contributed by atoms with Crippen molar-refractivity contribution >= 4 is 44.8 Å². The number of nitrogens with one attached hydrogen (secondary N) is 1. The third kappa shape index (κ3) is 4.97. The van der Waals surface area contributed by atoms with Crippen molar-refractivity contribution in [3.05, 3.63) is 58.1 Å². The summed E-state index contributed by atoms with van der Waals surface area (Å²) in [5, 5.41) is 0.427. The number of hydrogen-bond acceptors (Lipinski definition) is 4. The molecule has 0 radical (unpaired) electrons. The zero-order chi connectivity index (χ0) is 20.3. The number of rotatable bonds is 4. The molecule has 28 heavy (non-hydrogen) atoms. The molecular weight excluding hydrogens is 421 g/mol. The molecule has 2 aromatic rings. The van der Waals surface area contributed by atoms with Gasteiger partial charge in [0.1, 0.15) is 0 Å².